The molecule has 8 nitrogen and oxygen atoms in total. The van der Waals surface area contributed by atoms with E-state index >= 15 is 0 Å². The van der Waals surface area contributed by atoms with Gasteiger partial charge in [-0.15, -0.1) is 0 Å². The van der Waals surface area contributed by atoms with Gasteiger partial charge in [0.25, 0.3) is 5.91 Å². The van der Waals surface area contributed by atoms with Crippen molar-refractivity contribution in [2.75, 3.05) is 39.2 Å². The van der Waals surface area contributed by atoms with Crippen LogP contribution in [0.2, 0.25) is 0 Å². The van der Waals surface area contributed by atoms with Crippen LogP contribution in [0, 0.1) is 17.1 Å². The quantitative estimate of drug-likeness (QED) is 0.552. The maximum absolute atomic E-state index is 13.5. The van der Waals surface area contributed by atoms with E-state index in [-0.39, 0.29) is 31.1 Å². The summed E-state index contributed by atoms with van der Waals surface area (Å²) in [6, 6.07) is 10.7. The number of anilines is 1. The predicted octanol–water partition coefficient (Wildman–Crippen LogP) is 1.67. The van der Waals surface area contributed by atoms with Crippen molar-refractivity contribution in [1.82, 2.24) is 10.6 Å². The zero-order valence-electron chi connectivity index (χ0n) is 16.0. The molecule has 3 N–H and O–H groups in total. The summed E-state index contributed by atoms with van der Waals surface area (Å²) >= 11 is 0. The molecule has 0 aliphatic rings. The number of ether oxygens (including phenoxy) is 2. The molecule has 0 saturated heterocycles. The fourth-order valence-electron chi connectivity index (χ4n) is 2.49. The lowest BCUT2D eigenvalue weighted by molar-refractivity contribution is -0.120. The van der Waals surface area contributed by atoms with Gasteiger partial charge >= 0.3 is 0 Å². The summed E-state index contributed by atoms with van der Waals surface area (Å²) in [6.07, 6.45) is 0. The largest absolute Gasteiger partial charge is 0.493 e. The summed E-state index contributed by atoms with van der Waals surface area (Å²) in [7, 11) is 2.95. The topological polar surface area (TPSA) is 112 Å². The van der Waals surface area contributed by atoms with E-state index in [0.717, 1.165) is 0 Å². The highest BCUT2D eigenvalue weighted by Crippen LogP contribution is 2.27. The number of nitriles is 1. The Morgan fingerprint density at radius 2 is 1.83 bits per heavy atom. The van der Waals surface area contributed by atoms with Gasteiger partial charge < -0.3 is 25.4 Å². The normalized spacial score (nSPS) is 9.86. The third kappa shape index (κ3) is 5.84. The molecular weight excluding hydrogens is 379 g/mol. The number of nitrogens with zero attached hydrogens (tertiary/aromatic N) is 1. The van der Waals surface area contributed by atoms with Crippen molar-refractivity contribution in [3.63, 3.8) is 0 Å². The van der Waals surface area contributed by atoms with Crippen LogP contribution in [0.5, 0.6) is 11.5 Å². The third-order valence-electron chi connectivity index (χ3n) is 3.94. The van der Waals surface area contributed by atoms with Crippen molar-refractivity contribution in [2.45, 2.75) is 0 Å². The summed E-state index contributed by atoms with van der Waals surface area (Å²) in [5.41, 5.74) is 0.594. The molecule has 0 saturated carbocycles. The van der Waals surface area contributed by atoms with Crippen LogP contribution in [-0.2, 0) is 4.79 Å². The average molecular weight is 400 g/mol. The van der Waals surface area contributed by atoms with Crippen LogP contribution in [0.1, 0.15) is 15.9 Å². The van der Waals surface area contributed by atoms with E-state index in [1.807, 2.05) is 0 Å². The van der Waals surface area contributed by atoms with E-state index in [0.29, 0.717) is 22.7 Å². The van der Waals surface area contributed by atoms with Crippen LogP contribution in [-0.4, -0.2) is 45.7 Å². The van der Waals surface area contributed by atoms with Crippen molar-refractivity contribution >= 4 is 17.5 Å². The molecule has 29 heavy (non-hydrogen) atoms. The maximum atomic E-state index is 13.5. The minimum Gasteiger partial charge on any atom is -0.493 e. The maximum Gasteiger partial charge on any atom is 0.251 e. The number of methoxy groups -OCH3 is 2. The number of halogens is 1. The Morgan fingerprint density at radius 3 is 2.52 bits per heavy atom. The number of rotatable bonds is 9. The fourth-order valence-corrected chi connectivity index (χ4v) is 2.49. The number of benzene rings is 2. The highest BCUT2D eigenvalue weighted by Gasteiger charge is 2.12. The Hall–Kier alpha value is -3.80. The summed E-state index contributed by atoms with van der Waals surface area (Å²) in [5.74, 6) is -0.533. The average Bonchev–Trinajstić information content (AvgIpc) is 2.74. The van der Waals surface area contributed by atoms with Gasteiger partial charge in [-0.2, -0.15) is 5.26 Å². The van der Waals surface area contributed by atoms with Crippen LogP contribution in [0.3, 0.4) is 0 Å². The monoisotopic (exact) mass is 400 g/mol. The SMILES string of the molecule is COc1ccc(C(=O)NCC(=O)NCCNc2cccc(F)c2C#N)cc1OC. The summed E-state index contributed by atoms with van der Waals surface area (Å²) in [6.45, 7) is 0.302. The van der Waals surface area contributed by atoms with Crippen LogP contribution in [0.15, 0.2) is 36.4 Å². The Labute approximate surface area is 167 Å². The summed E-state index contributed by atoms with van der Waals surface area (Å²) in [5, 5.41) is 17.0. The molecule has 0 aromatic heterocycles. The van der Waals surface area contributed by atoms with Crippen LogP contribution in [0.25, 0.3) is 0 Å². The van der Waals surface area contributed by atoms with Gasteiger partial charge in [-0.3, -0.25) is 9.59 Å². The van der Waals surface area contributed by atoms with E-state index in [4.69, 9.17) is 14.7 Å². The Morgan fingerprint density at radius 1 is 1.07 bits per heavy atom. The second-order valence-electron chi connectivity index (χ2n) is 5.80. The Bertz CT molecular complexity index is 927. The highest BCUT2D eigenvalue weighted by atomic mass is 19.1. The second-order valence-corrected chi connectivity index (χ2v) is 5.80. The van der Waals surface area contributed by atoms with Gasteiger partial charge in [0.05, 0.1) is 26.5 Å². The molecule has 0 heterocycles. The van der Waals surface area contributed by atoms with E-state index in [9.17, 15) is 14.0 Å². The first-order valence-electron chi connectivity index (χ1n) is 8.69. The van der Waals surface area contributed by atoms with Crippen LogP contribution >= 0.6 is 0 Å². The van der Waals surface area contributed by atoms with Crippen molar-refractivity contribution < 1.29 is 23.5 Å². The number of hydrogen-bond donors (Lipinski definition) is 3. The third-order valence-corrected chi connectivity index (χ3v) is 3.94. The molecule has 0 aliphatic carbocycles. The number of nitrogens with one attached hydrogen (secondary N) is 3. The van der Waals surface area contributed by atoms with Gasteiger partial charge in [0, 0.05) is 18.7 Å². The van der Waals surface area contributed by atoms with E-state index in [1.165, 1.54) is 32.4 Å². The predicted molar refractivity (Wildman–Crippen MR) is 104 cm³/mol. The lowest BCUT2D eigenvalue weighted by Gasteiger charge is -2.11. The van der Waals surface area contributed by atoms with E-state index in [1.54, 1.807) is 24.3 Å². The lowest BCUT2D eigenvalue weighted by Crippen LogP contribution is -2.38. The van der Waals surface area contributed by atoms with E-state index < -0.39 is 11.7 Å². The molecule has 2 amide bonds. The van der Waals surface area contributed by atoms with Crippen LogP contribution < -0.4 is 25.4 Å². The zero-order valence-corrected chi connectivity index (χ0v) is 16.0. The fraction of sp³-hybridized carbons (Fsp3) is 0.250. The van der Waals surface area contributed by atoms with Crippen molar-refractivity contribution in [1.29, 1.82) is 5.26 Å². The summed E-state index contributed by atoms with van der Waals surface area (Å²) < 4.78 is 23.8. The lowest BCUT2D eigenvalue weighted by atomic mass is 10.2. The molecule has 2 rings (SSSR count). The molecule has 2 aromatic carbocycles. The first-order valence-corrected chi connectivity index (χ1v) is 8.69. The van der Waals surface area contributed by atoms with Gasteiger partial charge in [-0.1, -0.05) is 6.07 Å². The Kier molecular flexibility index (Phi) is 7.79. The minimum atomic E-state index is -0.612. The molecule has 9 heteroatoms. The molecule has 0 fully saturated rings. The molecular formula is C20H21FN4O4. The van der Waals surface area contributed by atoms with Crippen LogP contribution in [0.4, 0.5) is 10.1 Å². The van der Waals surface area contributed by atoms with Gasteiger partial charge in [-0.05, 0) is 30.3 Å². The molecule has 2 aromatic rings. The number of carbonyl (C=O) groups excluding carboxylic acids is 2. The standard InChI is InChI=1S/C20H21FN4O4/c1-28-17-7-6-13(10-18(17)29-2)20(27)25-12-19(26)24-9-8-23-16-5-3-4-15(21)14(16)11-22/h3-7,10,23H,8-9,12H2,1-2H3,(H,24,26)(H,25,27). The first kappa shape index (κ1) is 21.5. The number of amides is 2. The van der Waals surface area contributed by atoms with Crippen molar-refractivity contribution in [3.8, 4) is 17.6 Å². The smallest absolute Gasteiger partial charge is 0.251 e. The number of carbonyl (C=O) groups is 2. The van der Waals surface area contributed by atoms with Crippen molar-refractivity contribution in [3.05, 3.63) is 53.3 Å². The highest BCUT2D eigenvalue weighted by molar-refractivity contribution is 5.97. The first-order chi connectivity index (χ1) is 14.0. The Balaban J connectivity index is 1.77. The molecule has 0 atom stereocenters. The van der Waals surface area contributed by atoms with Gasteiger partial charge in [0.15, 0.2) is 11.5 Å². The minimum absolute atomic E-state index is 0.0824. The van der Waals surface area contributed by atoms with Crippen molar-refractivity contribution in [2.24, 2.45) is 0 Å². The molecule has 152 valence electrons. The van der Waals surface area contributed by atoms with Gasteiger partial charge in [0.1, 0.15) is 17.4 Å². The zero-order chi connectivity index (χ0) is 21.2. The second kappa shape index (κ2) is 10.5. The van der Waals surface area contributed by atoms with Gasteiger partial charge in [0.2, 0.25) is 5.91 Å². The number of hydrogen-bond acceptors (Lipinski definition) is 6. The van der Waals surface area contributed by atoms with Gasteiger partial charge in [-0.25, -0.2) is 4.39 Å². The molecule has 0 spiro atoms. The molecule has 0 bridgehead atoms. The summed E-state index contributed by atoms with van der Waals surface area (Å²) in [4.78, 5) is 24.0. The molecule has 0 aliphatic heterocycles. The van der Waals surface area contributed by atoms with E-state index in [2.05, 4.69) is 16.0 Å². The molecule has 0 unspecified atom stereocenters. The molecule has 0 radical (unpaired) electrons.